The predicted octanol–water partition coefficient (Wildman–Crippen LogP) is 4.44. The molecule has 1 aromatic heterocycles. The first-order valence-corrected chi connectivity index (χ1v) is 7.81. The van der Waals surface area contributed by atoms with Gasteiger partial charge in [0.25, 0.3) is 5.91 Å². The largest absolute Gasteiger partial charge is 0.457 e. The molecule has 4 nitrogen and oxygen atoms in total. The standard InChI is InChI=1S/C17H12Cl2N2O2/c18-14-3-1-2-13(16(14)19)15-7-6-12(23-15)8-10(9-20)17(22)21-11-4-5-11/h1-3,6-8,11H,4-5H2,(H,21,22)/b10-8+. The number of carbonyl (C=O) groups is 1. The summed E-state index contributed by atoms with van der Waals surface area (Å²) in [6.07, 6.45) is 3.34. The number of hydrogen-bond acceptors (Lipinski definition) is 3. The van der Waals surface area contributed by atoms with Crippen molar-refractivity contribution in [3.63, 3.8) is 0 Å². The van der Waals surface area contributed by atoms with Crippen molar-refractivity contribution in [2.45, 2.75) is 18.9 Å². The monoisotopic (exact) mass is 346 g/mol. The van der Waals surface area contributed by atoms with Crippen LogP contribution >= 0.6 is 23.2 Å². The summed E-state index contributed by atoms with van der Waals surface area (Å²) in [5.41, 5.74) is 0.662. The first-order chi connectivity index (χ1) is 11.1. The van der Waals surface area contributed by atoms with Crippen LogP contribution in [-0.4, -0.2) is 11.9 Å². The normalized spacial score (nSPS) is 14.4. The number of hydrogen-bond donors (Lipinski definition) is 1. The van der Waals surface area contributed by atoms with Crippen LogP contribution in [0.1, 0.15) is 18.6 Å². The SMILES string of the molecule is N#C/C(=C\c1ccc(-c2cccc(Cl)c2Cl)o1)C(=O)NC1CC1. The minimum Gasteiger partial charge on any atom is -0.457 e. The number of nitrogens with zero attached hydrogens (tertiary/aromatic N) is 1. The van der Waals surface area contributed by atoms with E-state index in [-0.39, 0.29) is 17.5 Å². The van der Waals surface area contributed by atoms with Crippen LogP contribution in [0.5, 0.6) is 0 Å². The lowest BCUT2D eigenvalue weighted by Crippen LogP contribution is -2.26. The van der Waals surface area contributed by atoms with Crippen LogP contribution < -0.4 is 5.32 Å². The van der Waals surface area contributed by atoms with Crippen LogP contribution in [0.4, 0.5) is 0 Å². The number of benzene rings is 1. The summed E-state index contributed by atoms with van der Waals surface area (Å²) in [7, 11) is 0. The van der Waals surface area contributed by atoms with E-state index in [0.717, 1.165) is 12.8 Å². The highest BCUT2D eigenvalue weighted by atomic mass is 35.5. The van der Waals surface area contributed by atoms with Gasteiger partial charge in [0.05, 0.1) is 10.0 Å². The molecule has 0 aliphatic heterocycles. The molecule has 3 rings (SSSR count). The van der Waals surface area contributed by atoms with Crippen LogP contribution in [-0.2, 0) is 4.79 Å². The molecule has 116 valence electrons. The van der Waals surface area contributed by atoms with E-state index in [0.29, 0.717) is 27.1 Å². The van der Waals surface area contributed by atoms with Crippen molar-refractivity contribution in [1.82, 2.24) is 5.32 Å². The zero-order valence-electron chi connectivity index (χ0n) is 12.0. The summed E-state index contributed by atoms with van der Waals surface area (Å²) in [5, 5.41) is 12.7. The highest BCUT2D eigenvalue weighted by Crippen LogP contribution is 2.34. The van der Waals surface area contributed by atoms with E-state index in [9.17, 15) is 4.79 Å². The lowest BCUT2D eigenvalue weighted by Gasteiger charge is -2.02. The van der Waals surface area contributed by atoms with E-state index in [1.54, 1.807) is 30.3 Å². The van der Waals surface area contributed by atoms with Crippen molar-refractivity contribution in [2.75, 3.05) is 0 Å². The molecule has 1 heterocycles. The number of furan rings is 1. The van der Waals surface area contributed by atoms with Crippen LogP contribution in [0.2, 0.25) is 10.0 Å². The average Bonchev–Trinajstić information content (AvgIpc) is 3.23. The second-order valence-electron chi connectivity index (χ2n) is 5.22. The minimum atomic E-state index is -0.381. The van der Waals surface area contributed by atoms with Gasteiger partial charge in [-0.15, -0.1) is 0 Å². The third-order valence-corrected chi connectivity index (χ3v) is 4.23. The molecule has 0 spiro atoms. The number of nitrogens with one attached hydrogen (secondary N) is 1. The van der Waals surface area contributed by atoms with E-state index in [2.05, 4.69) is 5.32 Å². The fourth-order valence-corrected chi connectivity index (χ4v) is 2.44. The van der Waals surface area contributed by atoms with Crippen LogP contribution in [0.25, 0.3) is 17.4 Å². The van der Waals surface area contributed by atoms with Crippen LogP contribution in [0, 0.1) is 11.3 Å². The maximum Gasteiger partial charge on any atom is 0.262 e. The molecule has 0 saturated heterocycles. The molecule has 1 aliphatic carbocycles. The van der Waals surface area contributed by atoms with Gasteiger partial charge in [0, 0.05) is 17.7 Å². The van der Waals surface area contributed by atoms with Crippen molar-refractivity contribution in [1.29, 1.82) is 5.26 Å². The van der Waals surface area contributed by atoms with Gasteiger partial charge in [-0.3, -0.25) is 4.79 Å². The Bertz CT molecular complexity index is 829. The Hall–Kier alpha value is -2.22. The summed E-state index contributed by atoms with van der Waals surface area (Å²) in [6, 6.07) is 10.7. The maximum absolute atomic E-state index is 11.9. The molecule has 1 amide bonds. The molecule has 6 heteroatoms. The average molecular weight is 347 g/mol. The molecule has 1 aliphatic rings. The molecule has 1 N–H and O–H groups in total. The van der Waals surface area contributed by atoms with E-state index in [1.807, 2.05) is 6.07 Å². The van der Waals surface area contributed by atoms with Crippen molar-refractivity contribution in [2.24, 2.45) is 0 Å². The van der Waals surface area contributed by atoms with Crippen LogP contribution in [0.15, 0.2) is 40.3 Å². The first kappa shape index (κ1) is 15.7. The summed E-state index contributed by atoms with van der Waals surface area (Å²) in [4.78, 5) is 11.9. The molecule has 1 fully saturated rings. The maximum atomic E-state index is 11.9. The molecule has 0 radical (unpaired) electrons. The Morgan fingerprint density at radius 2 is 2.09 bits per heavy atom. The number of amides is 1. The quantitative estimate of drug-likeness (QED) is 0.657. The zero-order valence-corrected chi connectivity index (χ0v) is 13.5. The third-order valence-electron chi connectivity index (χ3n) is 3.41. The van der Waals surface area contributed by atoms with Crippen molar-refractivity contribution >= 4 is 35.2 Å². The molecule has 1 aromatic carbocycles. The fourth-order valence-electron chi connectivity index (χ4n) is 2.05. The first-order valence-electron chi connectivity index (χ1n) is 7.05. The second-order valence-corrected chi connectivity index (χ2v) is 6.01. The van der Waals surface area contributed by atoms with Gasteiger partial charge in [-0.1, -0.05) is 29.3 Å². The zero-order chi connectivity index (χ0) is 16.4. The van der Waals surface area contributed by atoms with Gasteiger partial charge in [0.1, 0.15) is 23.2 Å². The van der Waals surface area contributed by atoms with Crippen molar-refractivity contribution in [3.8, 4) is 17.4 Å². The molecule has 23 heavy (non-hydrogen) atoms. The topological polar surface area (TPSA) is 66.0 Å². The summed E-state index contributed by atoms with van der Waals surface area (Å²) in [6.45, 7) is 0. The smallest absolute Gasteiger partial charge is 0.262 e. The van der Waals surface area contributed by atoms with Crippen LogP contribution in [0.3, 0.4) is 0 Å². The Labute approximate surface area is 143 Å². The Kier molecular flexibility index (Phi) is 4.42. The van der Waals surface area contributed by atoms with Gasteiger partial charge >= 0.3 is 0 Å². The second kappa shape index (κ2) is 6.49. The van der Waals surface area contributed by atoms with Gasteiger partial charge in [0.15, 0.2) is 0 Å². The molecule has 2 aromatic rings. The Morgan fingerprint density at radius 1 is 1.30 bits per heavy atom. The van der Waals surface area contributed by atoms with Crippen molar-refractivity contribution in [3.05, 3.63) is 51.7 Å². The van der Waals surface area contributed by atoms with E-state index in [4.69, 9.17) is 32.9 Å². The minimum absolute atomic E-state index is 0.00925. The van der Waals surface area contributed by atoms with Gasteiger partial charge < -0.3 is 9.73 Å². The number of rotatable bonds is 4. The molecular formula is C17H12Cl2N2O2. The van der Waals surface area contributed by atoms with E-state index in [1.165, 1.54) is 6.08 Å². The summed E-state index contributed by atoms with van der Waals surface area (Å²) in [5.74, 6) is 0.538. The summed E-state index contributed by atoms with van der Waals surface area (Å²) < 4.78 is 5.66. The highest BCUT2D eigenvalue weighted by Gasteiger charge is 2.24. The molecule has 1 saturated carbocycles. The molecule has 0 atom stereocenters. The Balaban J connectivity index is 1.86. The predicted molar refractivity (Wildman–Crippen MR) is 88.9 cm³/mol. The number of carbonyl (C=O) groups excluding carboxylic acids is 1. The summed E-state index contributed by atoms with van der Waals surface area (Å²) >= 11 is 12.2. The van der Waals surface area contributed by atoms with Gasteiger partial charge in [-0.2, -0.15) is 5.26 Å². The third kappa shape index (κ3) is 3.58. The lowest BCUT2D eigenvalue weighted by atomic mass is 10.2. The van der Waals surface area contributed by atoms with E-state index >= 15 is 0 Å². The van der Waals surface area contributed by atoms with Gasteiger partial charge in [-0.05, 0) is 37.1 Å². The molecular weight excluding hydrogens is 335 g/mol. The van der Waals surface area contributed by atoms with E-state index < -0.39 is 0 Å². The fraction of sp³-hybridized carbons (Fsp3) is 0.176. The lowest BCUT2D eigenvalue weighted by molar-refractivity contribution is -0.117. The molecule has 0 unspecified atom stereocenters. The Morgan fingerprint density at radius 3 is 2.78 bits per heavy atom. The number of halogens is 2. The molecule has 0 bridgehead atoms. The van der Waals surface area contributed by atoms with Crippen molar-refractivity contribution < 1.29 is 9.21 Å². The van der Waals surface area contributed by atoms with Gasteiger partial charge in [0.2, 0.25) is 0 Å². The number of nitriles is 1. The van der Waals surface area contributed by atoms with Gasteiger partial charge in [-0.25, -0.2) is 0 Å². The highest BCUT2D eigenvalue weighted by molar-refractivity contribution is 6.43.